The highest BCUT2D eigenvalue weighted by Crippen LogP contribution is 2.08. The average molecular weight is 238 g/mol. The summed E-state index contributed by atoms with van der Waals surface area (Å²) in [4.78, 5) is 18.7. The van der Waals surface area contributed by atoms with Crippen molar-refractivity contribution >= 4 is 11.9 Å². The minimum Gasteiger partial charge on any atom is -0.480 e. The lowest BCUT2D eigenvalue weighted by Gasteiger charge is -2.07. The van der Waals surface area contributed by atoms with Gasteiger partial charge in [0.25, 0.3) is 0 Å². The third-order valence-corrected chi connectivity index (χ3v) is 2.38. The molecule has 1 atom stereocenters. The van der Waals surface area contributed by atoms with Crippen molar-refractivity contribution in [1.29, 1.82) is 0 Å². The van der Waals surface area contributed by atoms with Gasteiger partial charge in [-0.15, -0.1) is 0 Å². The van der Waals surface area contributed by atoms with Gasteiger partial charge in [0.15, 0.2) is 0 Å². The second kappa shape index (κ2) is 6.15. The lowest BCUT2D eigenvalue weighted by molar-refractivity contribution is -0.138. The summed E-state index contributed by atoms with van der Waals surface area (Å²) in [5.74, 6) is -0.768. The zero-order chi connectivity index (χ0) is 12.8. The number of aryl methyl sites for hydroxylation is 2. The van der Waals surface area contributed by atoms with Gasteiger partial charge in [-0.3, -0.25) is 4.79 Å². The van der Waals surface area contributed by atoms with E-state index in [1.807, 2.05) is 6.07 Å². The molecule has 0 aliphatic carbocycles. The molecule has 6 nitrogen and oxygen atoms in total. The molecule has 0 fully saturated rings. The Morgan fingerprint density at radius 2 is 2.00 bits per heavy atom. The van der Waals surface area contributed by atoms with E-state index in [1.165, 1.54) is 0 Å². The highest BCUT2D eigenvalue weighted by molar-refractivity contribution is 5.73. The van der Waals surface area contributed by atoms with Gasteiger partial charge in [0.05, 0.1) is 0 Å². The molecule has 1 aromatic heterocycles. The van der Waals surface area contributed by atoms with E-state index in [0.717, 1.165) is 24.2 Å². The Morgan fingerprint density at radius 3 is 2.53 bits per heavy atom. The molecule has 1 rings (SSSR count). The van der Waals surface area contributed by atoms with Gasteiger partial charge in [-0.1, -0.05) is 13.3 Å². The lowest BCUT2D eigenvalue weighted by atomic mass is 10.1. The number of nitrogens with zero attached hydrogens (tertiary/aromatic N) is 2. The van der Waals surface area contributed by atoms with Gasteiger partial charge in [0.1, 0.15) is 6.04 Å². The molecule has 0 saturated carbocycles. The van der Waals surface area contributed by atoms with Crippen LogP contribution in [0.1, 0.15) is 31.2 Å². The van der Waals surface area contributed by atoms with Crippen LogP contribution in [0.3, 0.4) is 0 Å². The van der Waals surface area contributed by atoms with Crippen LogP contribution in [0.4, 0.5) is 5.95 Å². The van der Waals surface area contributed by atoms with E-state index in [-0.39, 0.29) is 5.95 Å². The number of nitrogen functional groups attached to an aromatic ring is 1. The van der Waals surface area contributed by atoms with E-state index < -0.39 is 12.0 Å². The standard InChI is InChI=1S/C11H18N4O2/c1-2-3-7-6-8(15-11(13)14-7)4-5-9(12)10(16)17/h6,9H,2-5,12H2,1H3,(H,16,17)(H2,13,14,15)/t9-/m0/s1. The van der Waals surface area contributed by atoms with Gasteiger partial charge >= 0.3 is 5.97 Å². The minimum absolute atomic E-state index is 0.231. The van der Waals surface area contributed by atoms with Crippen LogP contribution in [0.25, 0.3) is 0 Å². The maximum absolute atomic E-state index is 10.6. The van der Waals surface area contributed by atoms with Crippen molar-refractivity contribution < 1.29 is 9.90 Å². The van der Waals surface area contributed by atoms with Crippen LogP contribution in [-0.2, 0) is 17.6 Å². The maximum atomic E-state index is 10.6. The third kappa shape index (κ3) is 4.36. The van der Waals surface area contributed by atoms with Crippen LogP contribution >= 0.6 is 0 Å². The average Bonchev–Trinajstić information content (AvgIpc) is 2.25. The van der Waals surface area contributed by atoms with Gasteiger partial charge in [-0.05, 0) is 25.3 Å². The molecule has 6 heteroatoms. The van der Waals surface area contributed by atoms with Crippen molar-refractivity contribution in [2.75, 3.05) is 5.73 Å². The summed E-state index contributed by atoms with van der Waals surface area (Å²) in [5, 5.41) is 8.67. The molecule has 5 N–H and O–H groups in total. The molecule has 0 amide bonds. The van der Waals surface area contributed by atoms with Crippen LogP contribution < -0.4 is 11.5 Å². The first-order chi connectivity index (χ1) is 8.02. The highest BCUT2D eigenvalue weighted by atomic mass is 16.4. The van der Waals surface area contributed by atoms with Gasteiger partial charge in [0, 0.05) is 11.4 Å². The fraction of sp³-hybridized carbons (Fsp3) is 0.545. The number of carboxylic acids is 1. The molecule has 0 unspecified atom stereocenters. The maximum Gasteiger partial charge on any atom is 0.320 e. The molecule has 0 spiro atoms. The first-order valence-electron chi connectivity index (χ1n) is 5.63. The molecule has 0 aliphatic heterocycles. The summed E-state index contributed by atoms with van der Waals surface area (Å²) in [5.41, 5.74) is 12.6. The van der Waals surface area contributed by atoms with Crippen LogP contribution in [-0.4, -0.2) is 27.1 Å². The Balaban J connectivity index is 2.67. The first kappa shape index (κ1) is 13.4. The number of nitrogens with two attached hydrogens (primary N) is 2. The second-order valence-electron chi connectivity index (χ2n) is 3.94. The molecule has 94 valence electrons. The first-order valence-corrected chi connectivity index (χ1v) is 5.63. The van der Waals surface area contributed by atoms with Crippen molar-refractivity contribution in [3.8, 4) is 0 Å². The van der Waals surface area contributed by atoms with E-state index in [4.69, 9.17) is 16.6 Å². The molecule has 0 radical (unpaired) electrons. The molecule has 17 heavy (non-hydrogen) atoms. The predicted molar refractivity (Wildman–Crippen MR) is 64.4 cm³/mol. The van der Waals surface area contributed by atoms with Crippen molar-refractivity contribution in [2.45, 2.75) is 38.6 Å². The van der Waals surface area contributed by atoms with Crippen LogP contribution in [0.5, 0.6) is 0 Å². The number of carboxylic acid groups (broad SMARTS) is 1. The third-order valence-electron chi connectivity index (χ3n) is 2.38. The normalized spacial score (nSPS) is 12.4. The van der Waals surface area contributed by atoms with Gasteiger partial charge in [0.2, 0.25) is 5.95 Å². The minimum atomic E-state index is -0.999. The molecule has 0 saturated heterocycles. The Bertz CT molecular complexity index is 395. The molecular formula is C11H18N4O2. The summed E-state index contributed by atoms with van der Waals surface area (Å²) in [6.07, 6.45) is 2.66. The van der Waals surface area contributed by atoms with E-state index in [2.05, 4.69) is 16.9 Å². The van der Waals surface area contributed by atoms with Crippen LogP contribution in [0, 0.1) is 0 Å². The molecular weight excluding hydrogens is 220 g/mol. The van der Waals surface area contributed by atoms with Crippen LogP contribution in [0.2, 0.25) is 0 Å². The largest absolute Gasteiger partial charge is 0.480 e. The number of aromatic nitrogens is 2. The molecule has 1 heterocycles. The smallest absolute Gasteiger partial charge is 0.320 e. The Hall–Kier alpha value is -1.69. The van der Waals surface area contributed by atoms with Crippen molar-refractivity contribution in [3.05, 3.63) is 17.5 Å². The van der Waals surface area contributed by atoms with Crippen LogP contribution in [0.15, 0.2) is 6.07 Å². The summed E-state index contributed by atoms with van der Waals surface area (Å²) >= 11 is 0. The van der Waals surface area contributed by atoms with Crippen molar-refractivity contribution in [2.24, 2.45) is 5.73 Å². The summed E-state index contributed by atoms with van der Waals surface area (Å²) < 4.78 is 0. The Morgan fingerprint density at radius 1 is 1.41 bits per heavy atom. The fourth-order valence-corrected chi connectivity index (χ4v) is 1.52. The van der Waals surface area contributed by atoms with E-state index in [1.54, 1.807) is 0 Å². The van der Waals surface area contributed by atoms with Gasteiger partial charge in [-0.2, -0.15) is 0 Å². The summed E-state index contributed by atoms with van der Waals surface area (Å²) in [6.45, 7) is 2.05. The number of hydrogen-bond donors (Lipinski definition) is 3. The molecule has 0 aromatic carbocycles. The topological polar surface area (TPSA) is 115 Å². The fourth-order valence-electron chi connectivity index (χ4n) is 1.52. The van der Waals surface area contributed by atoms with Crippen molar-refractivity contribution in [1.82, 2.24) is 9.97 Å². The quantitative estimate of drug-likeness (QED) is 0.659. The SMILES string of the molecule is CCCc1cc(CC[C@H](N)C(=O)O)nc(N)n1. The van der Waals surface area contributed by atoms with Gasteiger partial charge in [-0.25, -0.2) is 9.97 Å². The van der Waals surface area contributed by atoms with Gasteiger partial charge < -0.3 is 16.6 Å². The second-order valence-corrected chi connectivity index (χ2v) is 3.94. The molecule has 0 aliphatic rings. The molecule has 1 aromatic rings. The van der Waals surface area contributed by atoms with E-state index >= 15 is 0 Å². The number of rotatable bonds is 6. The number of carbonyl (C=O) groups is 1. The van der Waals surface area contributed by atoms with Crippen molar-refractivity contribution in [3.63, 3.8) is 0 Å². The van der Waals surface area contributed by atoms with E-state index in [0.29, 0.717) is 12.8 Å². The summed E-state index contributed by atoms with van der Waals surface area (Å²) in [6, 6.07) is 0.995. The highest BCUT2D eigenvalue weighted by Gasteiger charge is 2.12. The monoisotopic (exact) mass is 238 g/mol. The zero-order valence-electron chi connectivity index (χ0n) is 9.89. The number of aliphatic carboxylic acids is 1. The Labute approximate surface area is 100 Å². The number of anilines is 1. The van der Waals surface area contributed by atoms with E-state index in [9.17, 15) is 4.79 Å². The molecule has 0 bridgehead atoms. The Kier molecular flexibility index (Phi) is 4.84. The summed E-state index contributed by atoms with van der Waals surface area (Å²) in [7, 11) is 0. The lowest BCUT2D eigenvalue weighted by Crippen LogP contribution is -2.30. The zero-order valence-corrected chi connectivity index (χ0v) is 9.89. The number of hydrogen-bond acceptors (Lipinski definition) is 5. The predicted octanol–water partition coefficient (Wildman–Crippen LogP) is 0.356.